The Morgan fingerprint density at radius 1 is 0.977 bits per heavy atom. The van der Waals surface area contributed by atoms with Crippen LogP contribution in [0, 0.1) is 11.3 Å². The number of benzene rings is 1. The number of esters is 1. The molecule has 0 amide bonds. The van der Waals surface area contributed by atoms with Crippen molar-refractivity contribution in [2.24, 2.45) is 11.3 Å². The number of ether oxygens (including phenoxy) is 1. The number of aliphatic hydroxyl groups excluding tert-OH is 1. The maximum atomic E-state index is 12.0. The molecule has 0 aliphatic carbocycles. The second kappa shape index (κ2) is 21.4. The van der Waals surface area contributed by atoms with Crippen molar-refractivity contribution < 1.29 is 44.3 Å². The summed E-state index contributed by atoms with van der Waals surface area (Å²) in [6, 6.07) is 9.54. The number of carboxylic acids is 3. The van der Waals surface area contributed by atoms with Gasteiger partial charge in [-0.3, -0.25) is 0 Å². The summed E-state index contributed by atoms with van der Waals surface area (Å²) < 4.78 is 4.58. The first kappa shape index (κ1) is 39.8. The third-order valence-corrected chi connectivity index (χ3v) is 7.14. The number of aliphatic carboxylic acids is 3. The molecule has 0 fully saturated rings. The lowest BCUT2D eigenvalue weighted by atomic mass is 9.75. The lowest BCUT2D eigenvalue weighted by Gasteiger charge is -2.28. The Morgan fingerprint density at radius 2 is 1.61 bits per heavy atom. The average molecular weight is 613 g/mol. The monoisotopic (exact) mass is 612 g/mol. The molecule has 0 saturated carbocycles. The summed E-state index contributed by atoms with van der Waals surface area (Å²) in [7, 11) is 0. The zero-order valence-corrected chi connectivity index (χ0v) is 26.4. The Morgan fingerprint density at radius 3 is 2.09 bits per heavy atom. The highest BCUT2D eigenvalue weighted by atomic mass is 16.5. The van der Waals surface area contributed by atoms with Crippen LogP contribution >= 0.6 is 0 Å². The van der Waals surface area contributed by atoms with Gasteiger partial charge in [0.2, 0.25) is 0 Å². The van der Waals surface area contributed by atoms with Gasteiger partial charge in [0.15, 0.2) is 0 Å². The van der Waals surface area contributed by atoms with Crippen molar-refractivity contribution in [2.45, 2.75) is 72.6 Å². The number of aliphatic hydroxyl groups is 1. The molecule has 0 aliphatic heterocycles. The van der Waals surface area contributed by atoms with Gasteiger partial charge in [0.25, 0.3) is 0 Å². The van der Waals surface area contributed by atoms with E-state index in [1.54, 1.807) is 12.2 Å². The van der Waals surface area contributed by atoms with Crippen LogP contribution in [-0.2, 0) is 23.9 Å². The van der Waals surface area contributed by atoms with E-state index in [4.69, 9.17) is 10.2 Å². The van der Waals surface area contributed by atoms with Gasteiger partial charge in [0.05, 0.1) is 6.61 Å². The molecular weight excluding hydrogens is 564 g/mol. The molecule has 1 rings (SSSR count). The van der Waals surface area contributed by atoms with E-state index in [1.807, 2.05) is 43.3 Å². The molecule has 0 aromatic heterocycles. The third-order valence-electron chi connectivity index (χ3n) is 7.14. The van der Waals surface area contributed by atoms with Crippen LogP contribution in [0.15, 0.2) is 84.0 Å². The fourth-order valence-corrected chi connectivity index (χ4v) is 4.14. The van der Waals surface area contributed by atoms with E-state index in [0.717, 1.165) is 31.2 Å². The van der Waals surface area contributed by atoms with E-state index in [1.165, 1.54) is 13.0 Å². The minimum absolute atomic E-state index is 0.0208. The van der Waals surface area contributed by atoms with E-state index < -0.39 is 29.3 Å². The van der Waals surface area contributed by atoms with Crippen molar-refractivity contribution in [3.63, 3.8) is 0 Å². The molecule has 0 radical (unpaired) electrons. The topological polar surface area (TPSA) is 158 Å². The molecule has 0 spiro atoms. The molecule has 242 valence electrons. The van der Waals surface area contributed by atoms with Gasteiger partial charge in [-0.15, -0.1) is 0 Å². The van der Waals surface area contributed by atoms with Gasteiger partial charge in [0, 0.05) is 27.7 Å². The number of unbranched alkanes of at least 4 members (excludes halogenated alkanes) is 1. The summed E-state index contributed by atoms with van der Waals surface area (Å²) in [5, 5.41) is 36.4. The second-order valence-corrected chi connectivity index (χ2v) is 10.4. The molecule has 9 heteroatoms. The van der Waals surface area contributed by atoms with Gasteiger partial charge in [0.1, 0.15) is 6.61 Å². The smallest absolute Gasteiger partial charge is 0.333 e. The summed E-state index contributed by atoms with van der Waals surface area (Å²) in [4.78, 5) is 45.3. The maximum Gasteiger partial charge on any atom is 0.333 e. The van der Waals surface area contributed by atoms with E-state index >= 15 is 0 Å². The molecular formula is C35H48O9. The van der Waals surface area contributed by atoms with Crippen LogP contribution < -0.4 is 0 Å². The Bertz CT molecular complexity index is 1210. The van der Waals surface area contributed by atoms with Crippen molar-refractivity contribution in [1.29, 1.82) is 0 Å². The zero-order chi connectivity index (χ0) is 33.7. The molecule has 9 nitrogen and oxygen atoms in total. The normalized spacial score (nSPS) is 13.7. The van der Waals surface area contributed by atoms with Crippen molar-refractivity contribution in [2.75, 3.05) is 13.2 Å². The molecule has 2 atom stereocenters. The summed E-state index contributed by atoms with van der Waals surface area (Å²) in [6.45, 7) is 14.4. The molecule has 4 N–H and O–H groups in total. The second-order valence-electron chi connectivity index (χ2n) is 10.4. The van der Waals surface area contributed by atoms with Gasteiger partial charge in [-0.2, -0.15) is 0 Å². The number of allylic oxidation sites excluding steroid dienone is 3. The molecule has 0 heterocycles. The Labute approximate surface area is 261 Å². The van der Waals surface area contributed by atoms with Crippen LogP contribution in [-0.4, -0.2) is 57.5 Å². The Balaban J connectivity index is 0.00000104. The summed E-state index contributed by atoms with van der Waals surface area (Å²) in [5.41, 5.74) is 0.402. The standard InChI is InChI=1S/C25H34O4.C10H14O5/c1-5-8-12-20(6-2)17-22(24(28)29)18-25(7-3,19(4)23(26)27)16-15-21-13-10-9-11-14-21;1-7(9(12)13)3-4-8(2)10(14)15-6-5-11/h9-11,13-16,18,20H,4-8,12,17H2,1-3H3,(H,26,27)(H,28,29);3,11H,2,4-6H2,1H3,(H,12,13). The minimum atomic E-state index is -1.12. The maximum absolute atomic E-state index is 12.0. The van der Waals surface area contributed by atoms with Gasteiger partial charge >= 0.3 is 23.9 Å². The van der Waals surface area contributed by atoms with Crippen molar-refractivity contribution in [3.8, 4) is 0 Å². The highest BCUT2D eigenvalue weighted by molar-refractivity contribution is 5.91. The van der Waals surface area contributed by atoms with Crippen molar-refractivity contribution in [1.82, 2.24) is 0 Å². The quantitative estimate of drug-likeness (QED) is 0.0968. The Kier molecular flexibility index (Phi) is 19.4. The van der Waals surface area contributed by atoms with Gasteiger partial charge in [-0.1, -0.05) is 114 Å². The average Bonchev–Trinajstić information content (AvgIpc) is 3.01. The highest BCUT2D eigenvalue weighted by Crippen LogP contribution is 2.37. The molecule has 2 unspecified atom stereocenters. The first-order valence-electron chi connectivity index (χ1n) is 14.8. The van der Waals surface area contributed by atoms with Crippen LogP contribution in [0.4, 0.5) is 0 Å². The van der Waals surface area contributed by atoms with Crippen LogP contribution in [0.2, 0.25) is 0 Å². The van der Waals surface area contributed by atoms with Gasteiger partial charge in [-0.05, 0) is 37.7 Å². The van der Waals surface area contributed by atoms with Crippen LogP contribution in [0.1, 0.15) is 78.2 Å². The largest absolute Gasteiger partial charge is 0.478 e. The fourth-order valence-electron chi connectivity index (χ4n) is 4.14. The van der Waals surface area contributed by atoms with E-state index in [0.29, 0.717) is 12.8 Å². The molecule has 1 aromatic rings. The molecule has 0 bridgehead atoms. The first-order valence-corrected chi connectivity index (χ1v) is 14.8. The van der Waals surface area contributed by atoms with E-state index in [2.05, 4.69) is 31.7 Å². The molecule has 0 saturated heterocycles. The molecule has 44 heavy (non-hydrogen) atoms. The summed E-state index contributed by atoms with van der Waals surface area (Å²) >= 11 is 0. The van der Waals surface area contributed by atoms with Gasteiger partial charge in [-0.25, -0.2) is 19.2 Å². The Hall–Kier alpha value is -4.24. The number of hydrogen-bond donors (Lipinski definition) is 4. The zero-order valence-electron chi connectivity index (χ0n) is 26.4. The predicted octanol–water partition coefficient (Wildman–Crippen LogP) is 6.85. The SMILES string of the molecule is C=C(C(=O)O)C(C=Cc1ccccc1)(C=C(CC(CC)CCCC)C(=O)O)CC.C=C(CC=C(C)C(=O)O)C(=O)OCCO. The fraction of sp³-hybridized carbons (Fsp3) is 0.429. The first-order chi connectivity index (χ1) is 20.8. The van der Waals surface area contributed by atoms with Crippen LogP contribution in [0.25, 0.3) is 6.08 Å². The number of carboxylic acid groups (broad SMARTS) is 3. The van der Waals surface area contributed by atoms with Crippen molar-refractivity contribution in [3.05, 3.63) is 89.6 Å². The highest BCUT2D eigenvalue weighted by Gasteiger charge is 2.32. The van der Waals surface area contributed by atoms with Gasteiger partial charge < -0.3 is 25.2 Å². The number of carbonyl (C=O) groups is 4. The lowest BCUT2D eigenvalue weighted by molar-refractivity contribution is -0.140. The minimum Gasteiger partial charge on any atom is -0.478 e. The number of hydrogen-bond acceptors (Lipinski definition) is 6. The number of carbonyl (C=O) groups excluding carboxylic acids is 1. The van der Waals surface area contributed by atoms with Crippen LogP contribution in [0.3, 0.4) is 0 Å². The molecule has 1 aromatic carbocycles. The predicted molar refractivity (Wildman–Crippen MR) is 172 cm³/mol. The van der Waals surface area contributed by atoms with E-state index in [-0.39, 0.29) is 47.8 Å². The summed E-state index contributed by atoms with van der Waals surface area (Å²) in [5.74, 6) is -3.51. The van der Waals surface area contributed by atoms with Crippen LogP contribution in [0.5, 0.6) is 0 Å². The lowest BCUT2D eigenvalue weighted by Crippen LogP contribution is -2.24. The molecule has 0 aliphatic rings. The number of rotatable bonds is 19. The van der Waals surface area contributed by atoms with E-state index in [9.17, 15) is 29.4 Å². The third kappa shape index (κ3) is 14.8. The summed E-state index contributed by atoms with van der Waals surface area (Å²) in [6.07, 6.45) is 11.5. The van der Waals surface area contributed by atoms with Crippen molar-refractivity contribution >= 4 is 30.0 Å².